The Labute approximate surface area is 285 Å². The summed E-state index contributed by atoms with van der Waals surface area (Å²) in [4.78, 5) is 62.6. The van der Waals surface area contributed by atoms with Crippen molar-refractivity contribution in [3.8, 4) is 17.1 Å². The van der Waals surface area contributed by atoms with Gasteiger partial charge < -0.3 is 33.7 Å². The number of aliphatic hydroxyl groups excluding tert-OH is 1. The zero-order chi connectivity index (χ0) is 35.2. The predicted octanol–water partition coefficient (Wildman–Crippen LogP) is 4.40. The van der Waals surface area contributed by atoms with Crippen molar-refractivity contribution in [3.63, 3.8) is 0 Å². The third-order valence-corrected chi connectivity index (χ3v) is 9.23. The number of pyridine rings is 2. The molecule has 3 aromatic rings. The molecule has 2 amide bonds. The molecule has 1 aromatic carbocycles. The van der Waals surface area contributed by atoms with Crippen molar-refractivity contribution in [2.45, 2.75) is 97.4 Å². The molecule has 6 rings (SSSR count). The van der Waals surface area contributed by atoms with Gasteiger partial charge in [-0.25, -0.2) is 14.6 Å². The number of carbonyl (C=O) groups is 3. The normalized spacial score (nSPS) is 18.1. The van der Waals surface area contributed by atoms with Gasteiger partial charge in [-0.2, -0.15) is 0 Å². The number of likely N-dealkylation sites (tertiary alicyclic amines) is 1. The number of fused-ring (bicyclic) bond motifs is 6. The first kappa shape index (κ1) is 34.4. The van der Waals surface area contributed by atoms with Gasteiger partial charge >= 0.3 is 18.2 Å². The fourth-order valence-corrected chi connectivity index (χ4v) is 7.05. The number of nitrogens with zero attached hydrogens (tertiary/aromatic N) is 5. The van der Waals surface area contributed by atoms with Crippen molar-refractivity contribution < 1.29 is 33.7 Å². The van der Waals surface area contributed by atoms with Crippen molar-refractivity contribution in [1.82, 2.24) is 24.3 Å². The molecule has 2 aromatic heterocycles. The SMILES string of the molecule is CCCC(=O)OCc1c(CO)cc2n(c1=O)Cc1cc3c(CN(C)C)c(OC(=O)N4C5CCC4CN(C(=O)OC(C)(C)C)C5)ccc3nc1-2. The van der Waals surface area contributed by atoms with Crippen LogP contribution in [-0.2, 0) is 40.6 Å². The van der Waals surface area contributed by atoms with E-state index in [4.69, 9.17) is 19.2 Å². The first-order chi connectivity index (χ1) is 23.3. The van der Waals surface area contributed by atoms with Gasteiger partial charge in [-0.1, -0.05) is 6.92 Å². The number of rotatable bonds is 8. The van der Waals surface area contributed by atoms with Crippen molar-refractivity contribution in [3.05, 3.63) is 56.9 Å². The van der Waals surface area contributed by atoms with Crippen molar-refractivity contribution >= 4 is 29.1 Å². The van der Waals surface area contributed by atoms with E-state index in [0.29, 0.717) is 54.3 Å². The second-order valence-electron chi connectivity index (χ2n) is 14.4. The number of benzene rings is 1. The Kier molecular flexibility index (Phi) is 9.42. The number of esters is 1. The lowest BCUT2D eigenvalue weighted by Crippen LogP contribution is -2.58. The quantitative estimate of drug-likeness (QED) is 0.267. The summed E-state index contributed by atoms with van der Waals surface area (Å²) in [5.41, 5.74) is 3.19. The highest BCUT2D eigenvalue weighted by atomic mass is 16.6. The Balaban J connectivity index is 1.28. The van der Waals surface area contributed by atoms with Gasteiger partial charge in [0.05, 0.1) is 47.7 Å². The smallest absolute Gasteiger partial charge is 0.415 e. The number of hydrogen-bond donors (Lipinski definition) is 1. The van der Waals surface area contributed by atoms with Gasteiger partial charge in [-0.05, 0) is 84.0 Å². The number of ether oxygens (including phenoxy) is 3. The lowest BCUT2D eigenvalue weighted by molar-refractivity contribution is -0.145. The number of carbonyl (C=O) groups excluding carboxylic acids is 3. The van der Waals surface area contributed by atoms with Gasteiger partial charge in [-0.15, -0.1) is 0 Å². The Bertz CT molecular complexity index is 1850. The minimum absolute atomic E-state index is 0.165. The van der Waals surface area contributed by atoms with Crippen LogP contribution in [0.15, 0.2) is 29.1 Å². The zero-order valence-electron chi connectivity index (χ0n) is 29.1. The molecule has 0 saturated carbocycles. The minimum atomic E-state index is -0.603. The van der Waals surface area contributed by atoms with Crippen LogP contribution in [0.2, 0.25) is 0 Å². The highest BCUT2D eigenvalue weighted by Crippen LogP contribution is 2.38. The molecule has 13 nitrogen and oxygen atoms in total. The molecule has 0 aliphatic carbocycles. The van der Waals surface area contributed by atoms with Crippen molar-refractivity contribution in [1.29, 1.82) is 0 Å². The van der Waals surface area contributed by atoms with Gasteiger partial charge in [0.25, 0.3) is 5.56 Å². The molecular formula is C36H45N5O8. The maximum absolute atomic E-state index is 13.8. The van der Waals surface area contributed by atoms with Gasteiger partial charge in [0.2, 0.25) is 0 Å². The maximum Gasteiger partial charge on any atom is 0.415 e. The molecule has 0 radical (unpaired) electrons. The molecule has 3 aliphatic rings. The van der Waals surface area contributed by atoms with E-state index in [2.05, 4.69) is 0 Å². The monoisotopic (exact) mass is 675 g/mol. The summed E-state index contributed by atoms with van der Waals surface area (Å²) in [6.45, 7) is 8.29. The van der Waals surface area contributed by atoms with Crippen LogP contribution in [0.5, 0.6) is 5.75 Å². The van der Waals surface area contributed by atoms with E-state index in [9.17, 15) is 24.3 Å². The fourth-order valence-electron chi connectivity index (χ4n) is 7.05. The van der Waals surface area contributed by atoms with Crippen LogP contribution in [0, 0.1) is 0 Å². The Morgan fingerprint density at radius 2 is 1.76 bits per heavy atom. The van der Waals surface area contributed by atoms with E-state index in [1.54, 1.807) is 26.5 Å². The Hall–Kier alpha value is -4.49. The van der Waals surface area contributed by atoms with Crippen LogP contribution in [0.4, 0.5) is 9.59 Å². The van der Waals surface area contributed by atoms with E-state index in [0.717, 1.165) is 29.4 Å². The van der Waals surface area contributed by atoms with Crippen molar-refractivity contribution in [2.24, 2.45) is 0 Å². The summed E-state index contributed by atoms with van der Waals surface area (Å²) in [5, 5.41) is 10.9. The first-order valence-corrected chi connectivity index (χ1v) is 16.9. The molecule has 262 valence electrons. The summed E-state index contributed by atoms with van der Waals surface area (Å²) < 4.78 is 18.6. The van der Waals surface area contributed by atoms with Crippen LogP contribution in [-0.4, -0.2) is 92.4 Å². The number of amides is 2. The summed E-state index contributed by atoms with van der Waals surface area (Å²) >= 11 is 0. The topological polar surface area (TPSA) is 144 Å². The second kappa shape index (κ2) is 13.4. The molecule has 5 heterocycles. The summed E-state index contributed by atoms with van der Waals surface area (Å²) in [6.07, 6.45) is 1.61. The predicted molar refractivity (Wildman–Crippen MR) is 181 cm³/mol. The standard InChI is InChI=1S/C36H45N5O8/c1-7-8-31(43)47-20-27-22(19-42)14-29-32-21(15-40(29)33(27)44)13-25-26(18-38(5)6)30(12-11-28(25)37-32)48-35(46)41-23-9-10-24(41)17-39(16-23)34(45)49-36(2,3)4/h11-14,23-24,42H,7-10,15-20H2,1-6H3. The maximum atomic E-state index is 13.8. The van der Waals surface area contributed by atoms with E-state index in [1.165, 1.54) is 0 Å². The summed E-state index contributed by atoms with van der Waals surface area (Å²) in [5.74, 6) is 0.0291. The van der Waals surface area contributed by atoms with Gasteiger partial charge in [0, 0.05) is 42.6 Å². The summed E-state index contributed by atoms with van der Waals surface area (Å²) in [6, 6.07) is 6.96. The Morgan fingerprint density at radius 3 is 2.39 bits per heavy atom. The summed E-state index contributed by atoms with van der Waals surface area (Å²) in [7, 11) is 3.87. The molecule has 3 aliphatic heterocycles. The van der Waals surface area contributed by atoms with E-state index in [-0.39, 0.29) is 55.5 Å². The number of piperazine rings is 1. The lowest BCUT2D eigenvalue weighted by Gasteiger charge is -2.40. The van der Waals surface area contributed by atoms with Gasteiger partial charge in [-0.3, -0.25) is 14.5 Å². The van der Waals surface area contributed by atoms with Crippen LogP contribution in [0.25, 0.3) is 22.3 Å². The molecule has 2 atom stereocenters. The third-order valence-electron chi connectivity index (χ3n) is 9.23. The second-order valence-corrected chi connectivity index (χ2v) is 14.4. The molecule has 13 heteroatoms. The van der Waals surface area contributed by atoms with Crippen LogP contribution < -0.4 is 10.3 Å². The molecule has 0 spiro atoms. The van der Waals surface area contributed by atoms with E-state index >= 15 is 0 Å². The van der Waals surface area contributed by atoms with E-state index in [1.807, 2.05) is 58.8 Å². The fraction of sp³-hybridized carbons (Fsp3) is 0.528. The molecular weight excluding hydrogens is 630 g/mol. The Morgan fingerprint density at radius 1 is 1.04 bits per heavy atom. The number of aromatic nitrogens is 2. The molecule has 2 saturated heterocycles. The van der Waals surface area contributed by atoms with Gasteiger partial charge in [0.1, 0.15) is 18.0 Å². The van der Waals surface area contributed by atoms with Gasteiger partial charge in [0.15, 0.2) is 0 Å². The van der Waals surface area contributed by atoms with Crippen LogP contribution >= 0.6 is 0 Å². The van der Waals surface area contributed by atoms with Crippen molar-refractivity contribution in [2.75, 3.05) is 27.2 Å². The number of hydrogen-bond acceptors (Lipinski definition) is 10. The van der Waals surface area contributed by atoms with Crippen LogP contribution in [0.3, 0.4) is 0 Å². The lowest BCUT2D eigenvalue weighted by atomic mass is 10.0. The largest absolute Gasteiger partial charge is 0.461 e. The van der Waals surface area contributed by atoms with Crippen LogP contribution in [0.1, 0.15) is 75.6 Å². The third kappa shape index (κ3) is 6.86. The average molecular weight is 676 g/mol. The highest BCUT2D eigenvalue weighted by molar-refractivity contribution is 5.89. The minimum Gasteiger partial charge on any atom is -0.461 e. The molecule has 49 heavy (non-hydrogen) atoms. The molecule has 1 N–H and O–H groups in total. The molecule has 2 bridgehead atoms. The average Bonchev–Trinajstić information content (AvgIpc) is 3.52. The molecule has 2 fully saturated rings. The highest BCUT2D eigenvalue weighted by Gasteiger charge is 2.46. The molecule has 2 unspecified atom stereocenters. The number of aliphatic hydroxyl groups is 1. The first-order valence-electron chi connectivity index (χ1n) is 16.9. The zero-order valence-corrected chi connectivity index (χ0v) is 29.1. The van der Waals surface area contributed by atoms with E-state index < -0.39 is 17.7 Å².